The molecule has 9 nitrogen and oxygen atoms in total. The van der Waals surface area contributed by atoms with Crippen LogP contribution in [0.5, 0.6) is 11.5 Å². The van der Waals surface area contributed by atoms with Crippen molar-refractivity contribution in [1.82, 2.24) is 4.68 Å². The van der Waals surface area contributed by atoms with Crippen LogP contribution in [0.1, 0.15) is 28.2 Å². The van der Waals surface area contributed by atoms with E-state index in [1.807, 2.05) is 26.0 Å². The quantitative estimate of drug-likeness (QED) is 0.544. The number of nitrogens with one attached hydrogen (secondary N) is 2. The smallest absolute Gasteiger partial charge is 0.270 e. The molecule has 182 valence electrons. The van der Waals surface area contributed by atoms with Crippen LogP contribution in [0.15, 0.2) is 54.6 Å². The number of aromatic nitrogens is 1. The molecule has 0 bridgehead atoms. The lowest BCUT2D eigenvalue weighted by Crippen LogP contribution is -2.28. The predicted octanol–water partition coefficient (Wildman–Crippen LogP) is 3.50. The number of ether oxygens (including phenoxy) is 2. The summed E-state index contributed by atoms with van der Waals surface area (Å²) in [6.07, 6.45) is 0.0680. The number of amides is 3. The van der Waals surface area contributed by atoms with Gasteiger partial charge < -0.3 is 19.7 Å². The van der Waals surface area contributed by atoms with Crippen LogP contribution in [0, 0.1) is 19.8 Å². The lowest BCUT2D eigenvalue weighted by Gasteiger charge is -2.20. The zero-order valence-corrected chi connectivity index (χ0v) is 20.1. The summed E-state index contributed by atoms with van der Waals surface area (Å²) in [6.45, 7) is 4.01. The van der Waals surface area contributed by atoms with E-state index in [-0.39, 0.29) is 30.7 Å². The summed E-state index contributed by atoms with van der Waals surface area (Å²) in [4.78, 5) is 40.0. The van der Waals surface area contributed by atoms with Gasteiger partial charge in [0.2, 0.25) is 11.8 Å². The van der Waals surface area contributed by atoms with Crippen molar-refractivity contribution in [2.24, 2.45) is 5.92 Å². The van der Waals surface area contributed by atoms with Gasteiger partial charge in [0.1, 0.15) is 11.5 Å². The molecule has 1 atom stereocenters. The van der Waals surface area contributed by atoms with Crippen LogP contribution < -0.4 is 25.1 Å². The Hall–Kier alpha value is -4.27. The summed E-state index contributed by atoms with van der Waals surface area (Å²) in [5.41, 5.74) is 6.10. The molecule has 9 heteroatoms. The summed E-state index contributed by atoms with van der Waals surface area (Å²) in [5, 5.41) is 2.84. The van der Waals surface area contributed by atoms with E-state index < -0.39 is 5.92 Å². The molecule has 35 heavy (non-hydrogen) atoms. The van der Waals surface area contributed by atoms with Crippen LogP contribution in [0.2, 0.25) is 0 Å². The monoisotopic (exact) mass is 476 g/mol. The number of carbonyl (C=O) groups excluding carboxylic acids is 3. The van der Waals surface area contributed by atoms with Gasteiger partial charge in [-0.2, -0.15) is 0 Å². The second kappa shape index (κ2) is 9.92. The first-order valence-corrected chi connectivity index (χ1v) is 11.2. The Kier molecular flexibility index (Phi) is 6.77. The van der Waals surface area contributed by atoms with E-state index in [0.717, 1.165) is 11.4 Å². The summed E-state index contributed by atoms with van der Waals surface area (Å²) < 4.78 is 12.4. The molecule has 1 saturated heterocycles. The van der Waals surface area contributed by atoms with Crippen molar-refractivity contribution in [2.75, 3.05) is 36.4 Å². The van der Waals surface area contributed by atoms with Crippen molar-refractivity contribution in [1.29, 1.82) is 0 Å². The summed E-state index contributed by atoms with van der Waals surface area (Å²) in [6, 6.07) is 15.7. The van der Waals surface area contributed by atoms with Gasteiger partial charge in [-0.05, 0) is 56.3 Å². The molecular formula is C26H28N4O5. The highest BCUT2D eigenvalue weighted by Gasteiger charge is 2.36. The highest BCUT2D eigenvalue weighted by atomic mass is 16.5. The molecule has 0 spiro atoms. The topological polar surface area (TPSA) is 102 Å². The molecule has 1 aromatic heterocycles. The molecular weight excluding hydrogens is 448 g/mol. The zero-order chi connectivity index (χ0) is 25.1. The fourth-order valence-corrected chi connectivity index (χ4v) is 4.12. The molecule has 1 aliphatic heterocycles. The number of rotatable bonds is 7. The van der Waals surface area contributed by atoms with Gasteiger partial charge in [0, 0.05) is 41.7 Å². The maximum absolute atomic E-state index is 13.0. The molecule has 1 fully saturated rings. The number of methoxy groups -OCH3 is 2. The first-order valence-electron chi connectivity index (χ1n) is 11.2. The average molecular weight is 477 g/mol. The van der Waals surface area contributed by atoms with Gasteiger partial charge in [0.25, 0.3) is 5.91 Å². The summed E-state index contributed by atoms with van der Waals surface area (Å²) >= 11 is 0. The van der Waals surface area contributed by atoms with E-state index in [1.165, 1.54) is 12.0 Å². The maximum atomic E-state index is 13.0. The minimum Gasteiger partial charge on any atom is -0.497 e. The fraction of sp³-hybridized carbons (Fsp3) is 0.269. The Balaban J connectivity index is 1.45. The number of hydrogen-bond donors (Lipinski definition) is 2. The fourth-order valence-electron chi connectivity index (χ4n) is 4.12. The molecule has 2 N–H and O–H groups in total. The van der Waals surface area contributed by atoms with Crippen molar-refractivity contribution in [3.8, 4) is 11.5 Å². The number of benzene rings is 2. The number of carbonyl (C=O) groups is 3. The van der Waals surface area contributed by atoms with E-state index >= 15 is 0 Å². The number of anilines is 2. The maximum Gasteiger partial charge on any atom is 0.270 e. The Morgan fingerprint density at radius 3 is 2.40 bits per heavy atom. The molecule has 2 heterocycles. The van der Waals surface area contributed by atoms with E-state index in [4.69, 9.17) is 9.47 Å². The van der Waals surface area contributed by atoms with Gasteiger partial charge >= 0.3 is 0 Å². The third-order valence-electron chi connectivity index (χ3n) is 6.05. The Morgan fingerprint density at radius 1 is 0.971 bits per heavy atom. The Morgan fingerprint density at radius 2 is 1.71 bits per heavy atom. The Bertz CT molecular complexity index is 1260. The van der Waals surface area contributed by atoms with Gasteiger partial charge in [-0.25, -0.2) is 0 Å². The third kappa shape index (κ3) is 4.98. The van der Waals surface area contributed by atoms with Crippen molar-refractivity contribution < 1.29 is 23.9 Å². The summed E-state index contributed by atoms with van der Waals surface area (Å²) in [7, 11) is 3.07. The Labute approximate surface area is 203 Å². The largest absolute Gasteiger partial charge is 0.497 e. The summed E-state index contributed by atoms with van der Waals surface area (Å²) in [5.74, 6) is -0.217. The van der Waals surface area contributed by atoms with Crippen molar-refractivity contribution in [3.05, 3.63) is 71.5 Å². The molecule has 0 unspecified atom stereocenters. The van der Waals surface area contributed by atoms with E-state index in [9.17, 15) is 14.4 Å². The standard InChI is InChI=1S/C26H28N4O5/c1-16-8-9-17(2)30(16)28-26(33)18-6-5-7-20(12-18)27-25(32)19-13-24(31)29(15-19)22-14-21(34-3)10-11-23(22)35-4/h5-12,14,19H,13,15H2,1-4H3,(H,27,32)(H,28,33)/t19-/m0/s1. The van der Waals surface area contributed by atoms with Gasteiger partial charge in [-0.3, -0.25) is 24.5 Å². The minimum atomic E-state index is -0.555. The first-order chi connectivity index (χ1) is 16.8. The molecule has 0 saturated carbocycles. The highest BCUT2D eigenvalue weighted by Crippen LogP contribution is 2.36. The van der Waals surface area contributed by atoms with E-state index in [0.29, 0.717) is 28.4 Å². The second-order valence-electron chi connectivity index (χ2n) is 8.41. The molecule has 2 aromatic carbocycles. The van der Waals surface area contributed by atoms with Crippen LogP contribution in [0.3, 0.4) is 0 Å². The predicted molar refractivity (Wildman–Crippen MR) is 133 cm³/mol. The molecule has 3 aromatic rings. The van der Waals surface area contributed by atoms with Gasteiger partial charge in [0.15, 0.2) is 0 Å². The average Bonchev–Trinajstić information content (AvgIpc) is 3.40. The molecule has 4 rings (SSSR count). The van der Waals surface area contributed by atoms with Crippen molar-refractivity contribution >= 4 is 29.1 Å². The number of hydrogen-bond acceptors (Lipinski definition) is 5. The van der Waals surface area contributed by atoms with Crippen LogP contribution in [0.25, 0.3) is 0 Å². The van der Waals surface area contributed by atoms with Gasteiger partial charge in [-0.15, -0.1) is 0 Å². The highest BCUT2D eigenvalue weighted by molar-refractivity contribution is 6.05. The lowest BCUT2D eigenvalue weighted by atomic mass is 10.1. The molecule has 0 aliphatic carbocycles. The molecule has 3 amide bonds. The van der Waals surface area contributed by atoms with Crippen LogP contribution in [-0.2, 0) is 9.59 Å². The SMILES string of the molecule is COc1ccc(OC)c(N2C[C@@H](C(=O)Nc3cccc(C(=O)Nn4c(C)ccc4C)c3)CC2=O)c1. The number of nitrogens with zero attached hydrogens (tertiary/aromatic N) is 2. The normalized spacial score (nSPS) is 15.1. The van der Waals surface area contributed by atoms with Crippen molar-refractivity contribution in [3.63, 3.8) is 0 Å². The first kappa shape index (κ1) is 23.9. The molecule has 1 aliphatic rings. The van der Waals surface area contributed by atoms with Gasteiger partial charge in [0.05, 0.1) is 25.8 Å². The van der Waals surface area contributed by atoms with E-state index in [1.54, 1.807) is 54.3 Å². The number of aryl methyl sites for hydroxylation is 2. The van der Waals surface area contributed by atoms with Crippen LogP contribution in [-0.4, -0.2) is 43.2 Å². The zero-order valence-electron chi connectivity index (χ0n) is 20.1. The third-order valence-corrected chi connectivity index (χ3v) is 6.05. The minimum absolute atomic E-state index is 0.0680. The van der Waals surface area contributed by atoms with Gasteiger partial charge in [-0.1, -0.05) is 6.07 Å². The van der Waals surface area contributed by atoms with Crippen molar-refractivity contribution in [2.45, 2.75) is 20.3 Å². The molecule has 0 radical (unpaired) electrons. The second-order valence-corrected chi connectivity index (χ2v) is 8.41. The van der Waals surface area contributed by atoms with Crippen LogP contribution >= 0.6 is 0 Å². The lowest BCUT2D eigenvalue weighted by molar-refractivity contribution is -0.122. The van der Waals surface area contributed by atoms with E-state index in [2.05, 4.69) is 10.7 Å². The van der Waals surface area contributed by atoms with Crippen LogP contribution in [0.4, 0.5) is 11.4 Å².